The summed E-state index contributed by atoms with van der Waals surface area (Å²) in [7, 11) is 0. The maximum Gasteiger partial charge on any atom is 0.0684 e. The minimum Gasteiger partial charge on any atom is -0.392 e. The van der Waals surface area contributed by atoms with Gasteiger partial charge in [-0.1, -0.05) is 13.8 Å². The van der Waals surface area contributed by atoms with Gasteiger partial charge in [0.1, 0.15) is 0 Å². The molecule has 0 spiro atoms. The van der Waals surface area contributed by atoms with Crippen molar-refractivity contribution < 1.29 is 5.11 Å². The number of aliphatic hydroxyl groups excluding tert-OH is 1. The molecule has 1 aliphatic rings. The molecule has 0 unspecified atom stereocenters. The Labute approximate surface area is 81.0 Å². The topological polar surface area (TPSA) is 20.2 Å². The fourth-order valence-electron chi connectivity index (χ4n) is 1.91. The number of hydrogen-bond acceptors (Lipinski definition) is 2. The SMILES string of the molecule is CC(C)[C@@H]1CC[C@](C)(S)[C@@H](O)C1. The molecule has 1 nitrogen and oxygen atoms in total. The van der Waals surface area contributed by atoms with Crippen molar-refractivity contribution >= 4 is 12.6 Å². The Kier molecular flexibility index (Phi) is 3.11. The predicted octanol–water partition coefficient (Wildman–Crippen LogP) is 2.49. The molecule has 72 valence electrons. The number of rotatable bonds is 1. The Morgan fingerprint density at radius 3 is 2.50 bits per heavy atom. The first-order valence-corrected chi connectivity index (χ1v) is 5.28. The minimum absolute atomic E-state index is 0.147. The average molecular weight is 188 g/mol. The molecule has 0 aromatic carbocycles. The van der Waals surface area contributed by atoms with Gasteiger partial charge in [0.25, 0.3) is 0 Å². The number of thiol groups is 1. The van der Waals surface area contributed by atoms with Crippen molar-refractivity contribution in [1.82, 2.24) is 0 Å². The third kappa shape index (κ3) is 2.17. The van der Waals surface area contributed by atoms with E-state index in [0.29, 0.717) is 11.8 Å². The Bertz CT molecular complexity index is 154. The second-order valence-electron chi connectivity index (χ2n) is 4.65. The van der Waals surface area contributed by atoms with Gasteiger partial charge in [-0.2, -0.15) is 12.6 Å². The molecule has 1 fully saturated rings. The van der Waals surface area contributed by atoms with E-state index in [0.717, 1.165) is 12.8 Å². The fraction of sp³-hybridized carbons (Fsp3) is 1.00. The van der Waals surface area contributed by atoms with Gasteiger partial charge in [0.15, 0.2) is 0 Å². The van der Waals surface area contributed by atoms with E-state index in [9.17, 15) is 5.11 Å². The third-order valence-corrected chi connectivity index (χ3v) is 3.73. The van der Waals surface area contributed by atoms with E-state index < -0.39 is 0 Å². The Morgan fingerprint density at radius 2 is 2.08 bits per heavy atom. The van der Waals surface area contributed by atoms with Crippen LogP contribution in [0.1, 0.15) is 40.0 Å². The van der Waals surface area contributed by atoms with Gasteiger partial charge in [0, 0.05) is 4.75 Å². The minimum atomic E-state index is -0.220. The number of aliphatic hydroxyl groups is 1. The Balaban J connectivity index is 2.52. The molecule has 1 aliphatic carbocycles. The summed E-state index contributed by atoms with van der Waals surface area (Å²) < 4.78 is -0.147. The van der Waals surface area contributed by atoms with E-state index in [1.807, 2.05) is 6.92 Å². The Morgan fingerprint density at radius 1 is 1.50 bits per heavy atom. The molecule has 0 radical (unpaired) electrons. The lowest BCUT2D eigenvalue weighted by molar-refractivity contribution is 0.0588. The van der Waals surface area contributed by atoms with Crippen LogP contribution in [0.2, 0.25) is 0 Å². The van der Waals surface area contributed by atoms with E-state index in [4.69, 9.17) is 0 Å². The molecule has 0 heterocycles. The van der Waals surface area contributed by atoms with Crippen molar-refractivity contribution in [2.24, 2.45) is 11.8 Å². The summed E-state index contributed by atoms with van der Waals surface area (Å²) in [6.45, 7) is 6.51. The van der Waals surface area contributed by atoms with Crippen LogP contribution in [0.3, 0.4) is 0 Å². The van der Waals surface area contributed by atoms with Crippen LogP contribution in [-0.4, -0.2) is 16.0 Å². The molecule has 0 saturated heterocycles. The molecular weight excluding hydrogens is 168 g/mol. The maximum atomic E-state index is 9.78. The van der Waals surface area contributed by atoms with Crippen LogP contribution >= 0.6 is 12.6 Å². The first-order valence-electron chi connectivity index (χ1n) is 4.84. The molecule has 0 aliphatic heterocycles. The fourth-order valence-corrected chi connectivity index (χ4v) is 2.14. The molecule has 1 rings (SSSR count). The van der Waals surface area contributed by atoms with Gasteiger partial charge in [-0.15, -0.1) is 0 Å². The lowest BCUT2D eigenvalue weighted by Gasteiger charge is -2.39. The van der Waals surface area contributed by atoms with E-state index in [1.54, 1.807) is 0 Å². The summed E-state index contributed by atoms with van der Waals surface area (Å²) in [5, 5.41) is 9.78. The largest absolute Gasteiger partial charge is 0.392 e. The lowest BCUT2D eigenvalue weighted by atomic mass is 9.75. The maximum absolute atomic E-state index is 9.78. The molecule has 3 atom stereocenters. The van der Waals surface area contributed by atoms with Crippen molar-refractivity contribution in [2.45, 2.75) is 50.9 Å². The molecule has 1 N–H and O–H groups in total. The normalized spacial score (nSPS) is 43.5. The molecule has 0 bridgehead atoms. The highest BCUT2D eigenvalue weighted by atomic mass is 32.1. The highest BCUT2D eigenvalue weighted by molar-refractivity contribution is 7.81. The average Bonchev–Trinajstić information content (AvgIpc) is 1.94. The monoisotopic (exact) mass is 188 g/mol. The summed E-state index contributed by atoms with van der Waals surface area (Å²) in [5.41, 5.74) is 0. The van der Waals surface area contributed by atoms with Crippen molar-refractivity contribution in [3.05, 3.63) is 0 Å². The predicted molar refractivity (Wildman–Crippen MR) is 55.6 cm³/mol. The van der Waals surface area contributed by atoms with Crippen LogP contribution < -0.4 is 0 Å². The molecule has 2 heteroatoms. The second kappa shape index (κ2) is 3.59. The van der Waals surface area contributed by atoms with Crippen LogP contribution in [-0.2, 0) is 0 Å². The lowest BCUT2D eigenvalue weighted by Crippen LogP contribution is -2.41. The third-order valence-electron chi connectivity index (χ3n) is 3.21. The molecule has 12 heavy (non-hydrogen) atoms. The van der Waals surface area contributed by atoms with Gasteiger partial charge in [-0.25, -0.2) is 0 Å². The van der Waals surface area contributed by atoms with E-state index >= 15 is 0 Å². The first kappa shape index (κ1) is 10.4. The van der Waals surface area contributed by atoms with Crippen LogP contribution in [0, 0.1) is 11.8 Å². The van der Waals surface area contributed by atoms with Gasteiger partial charge >= 0.3 is 0 Å². The summed E-state index contributed by atoms with van der Waals surface area (Å²) in [6.07, 6.45) is 2.97. The highest BCUT2D eigenvalue weighted by Gasteiger charge is 2.36. The first-order chi connectivity index (χ1) is 5.43. The van der Waals surface area contributed by atoms with E-state index in [-0.39, 0.29) is 10.9 Å². The zero-order chi connectivity index (χ0) is 9.35. The molecule has 0 amide bonds. The summed E-state index contributed by atoms with van der Waals surface area (Å²) in [6, 6.07) is 0. The van der Waals surface area contributed by atoms with Crippen molar-refractivity contribution in [3.8, 4) is 0 Å². The molecular formula is C10H20OS. The van der Waals surface area contributed by atoms with Crippen molar-refractivity contribution in [3.63, 3.8) is 0 Å². The van der Waals surface area contributed by atoms with Gasteiger partial charge in [-0.3, -0.25) is 0 Å². The quantitative estimate of drug-likeness (QED) is 0.606. The highest BCUT2D eigenvalue weighted by Crippen LogP contribution is 2.39. The van der Waals surface area contributed by atoms with Gasteiger partial charge < -0.3 is 5.11 Å². The summed E-state index contributed by atoms with van der Waals surface area (Å²) >= 11 is 4.47. The molecule has 0 aromatic heterocycles. The van der Waals surface area contributed by atoms with Crippen molar-refractivity contribution in [2.75, 3.05) is 0 Å². The van der Waals surface area contributed by atoms with Gasteiger partial charge in [-0.05, 0) is 38.0 Å². The van der Waals surface area contributed by atoms with Crippen LogP contribution in [0.4, 0.5) is 0 Å². The van der Waals surface area contributed by atoms with E-state index in [1.165, 1.54) is 6.42 Å². The standard InChI is InChI=1S/C10H20OS/c1-7(2)8-4-5-10(3,12)9(11)6-8/h7-9,11-12H,4-6H2,1-3H3/t8-,9+,10+/m1/s1. The van der Waals surface area contributed by atoms with Crippen LogP contribution in [0.15, 0.2) is 0 Å². The zero-order valence-corrected chi connectivity index (χ0v) is 9.14. The van der Waals surface area contributed by atoms with Crippen molar-refractivity contribution in [1.29, 1.82) is 0 Å². The second-order valence-corrected chi connectivity index (χ2v) is 5.67. The van der Waals surface area contributed by atoms with Crippen LogP contribution in [0.25, 0.3) is 0 Å². The van der Waals surface area contributed by atoms with Gasteiger partial charge in [0.05, 0.1) is 6.10 Å². The van der Waals surface area contributed by atoms with Gasteiger partial charge in [0.2, 0.25) is 0 Å². The van der Waals surface area contributed by atoms with E-state index in [2.05, 4.69) is 26.5 Å². The smallest absolute Gasteiger partial charge is 0.0684 e. The molecule has 1 saturated carbocycles. The zero-order valence-electron chi connectivity index (χ0n) is 8.25. The summed E-state index contributed by atoms with van der Waals surface area (Å²) in [4.78, 5) is 0. The summed E-state index contributed by atoms with van der Waals surface area (Å²) in [5.74, 6) is 1.39. The van der Waals surface area contributed by atoms with Crippen LogP contribution in [0.5, 0.6) is 0 Å². The Hall–Kier alpha value is 0.310. The molecule has 0 aromatic rings. The number of hydrogen-bond donors (Lipinski definition) is 2.